The molecule has 0 saturated heterocycles. The number of hydrogen-bond donors (Lipinski definition) is 0. The van der Waals surface area contributed by atoms with Crippen LogP contribution in [0, 0.1) is 11.3 Å². The Labute approximate surface area is 133 Å². The van der Waals surface area contributed by atoms with Gasteiger partial charge in [0.25, 0.3) is 0 Å². The molecule has 0 fully saturated rings. The first-order valence-electron chi connectivity index (χ1n) is 8.45. The number of nitrogens with zero attached hydrogens (tertiary/aromatic N) is 1. The van der Waals surface area contributed by atoms with Gasteiger partial charge in [0.05, 0.1) is 0 Å². The molecule has 3 unspecified atom stereocenters. The summed E-state index contributed by atoms with van der Waals surface area (Å²) in [5.41, 5.74) is 1.67. The lowest BCUT2D eigenvalue weighted by Crippen LogP contribution is -2.41. The highest BCUT2D eigenvalue weighted by Crippen LogP contribution is 2.34. The van der Waals surface area contributed by atoms with Gasteiger partial charge in [-0.3, -0.25) is 0 Å². The van der Waals surface area contributed by atoms with Crippen molar-refractivity contribution in [2.75, 3.05) is 14.1 Å². The molecule has 0 spiro atoms. The first-order valence-corrected chi connectivity index (χ1v) is 8.45. The van der Waals surface area contributed by atoms with E-state index >= 15 is 0 Å². The lowest BCUT2D eigenvalue weighted by molar-refractivity contribution is 0.148. The van der Waals surface area contributed by atoms with Crippen LogP contribution >= 0.6 is 0 Å². The third-order valence-electron chi connectivity index (χ3n) is 4.73. The van der Waals surface area contributed by atoms with E-state index in [1.54, 1.807) is 0 Å². The summed E-state index contributed by atoms with van der Waals surface area (Å²) < 4.78 is 0. The largest absolute Gasteiger partial charge is 0.306 e. The molecule has 0 aromatic heterocycles. The van der Waals surface area contributed by atoms with E-state index in [0.717, 1.165) is 12.8 Å². The molecule has 0 radical (unpaired) electrons. The minimum Gasteiger partial charge on any atom is -0.306 e. The van der Waals surface area contributed by atoms with E-state index in [4.69, 9.17) is 0 Å². The number of rotatable bonds is 10. The standard InChI is InChI=1S/C20H37N/c1-9-12-15-20(6,19(11-3)21(7)8)16-13-14-18(5)17(4)10-2/h10,12,14-15,17,19H,2,9,11,13,16H2,1,3-8H3/b15-12+,18-14-. The molecule has 122 valence electrons. The molecule has 3 atom stereocenters. The van der Waals surface area contributed by atoms with Crippen molar-refractivity contribution in [3.63, 3.8) is 0 Å². The Hall–Kier alpha value is -0.820. The molecule has 0 rings (SSSR count). The van der Waals surface area contributed by atoms with Gasteiger partial charge in [-0.05, 0) is 52.6 Å². The van der Waals surface area contributed by atoms with Crippen LogP contribution < -0.4 is 0 Å². The van der Waals surface area contributed by atoms with Gasteiger partial charge in [-0.2, -0.15) is 0 Å². The average Bonchev–Trinajstić information content (AvgIpc) is 2.44. The molecule has 0 aromatic carbocycles. The van der Waals surface area contributed by atoms with Gasteiger partial charge in [0.1, 0.15) is 0 Å². The van der Waals surface area contributed by atoms with Crippen LogP contribution in [-0.2, 0) is 0 Å². The lowest BCUT2D eigenvalue weighted by Gasteiger charge is -2.39. The van der Waals surface area contributed by atoms with Crippen LogP contribution in [0.4, 0.5) is 0 Å². The third-order valence-corrected chi connectivity index (χ3v) is 4.73. The molecule has 0 aromatic rings. The highest BCUT2D eigenvalue weighted by Gasteiger charge is 2.31. The molecule has 1 heteroatoms. The topological polar surface area (TPSA) is 3.24 Å². The fourth-order valence-corrected chi connectivity index (χ4v) is 3.15. The average molecular weight is 292 g/mol. The normalized spacial score (nSPS) is 18.8. The Morgan fingerprint density at radius 2 is 1.90 bits per heavy atom. The van der Waals surface area contributed by atoms with Gasteiger partial charge in [0, 0.05) is 11.5 Å². The van der Waals surface area contributed by atoms with E-state index in [0.29, 0.717) is 12.0 Å². The molecular weight excluding hydrogens is 254 g/mol. The number of hydrogen-bond acceptors (Lipinski definition) is 1. The second kappa shape index (κ2) is 10.00. The van der Waals surface area contributed by atoms with Crippen LogP contribution in [0.5, 0.6) is 0 Å². The summed E-state index contributed by atoms with van der Waals surface area (Å²) in [6.45, 7) is 15.2. The van der Waals surface area contributed by atoms with Crippen molar-refractivity contribution in [2.45, 2.75) is 66.3 Å². The molecule has 0 aliphatic heterocycles. The minimum absolute atomic E-state index is 0.239. The van der Waals surface area contributed by atoms with Gasteiger partial charge in [-0.15, -0.1) is 6.58 Å². The lowest BCUT2D eigenvalue weighted by atomic mass is 9.75. The molecule has 0 saturated carbocycles. The quantitative estimate of drug-likeness (QED) is 0.456. The summed E-state index contributed by atoms with van der Waals surface area (Å²) in [4.78, 5) is 2.38. The van der Waals surface area contributed by atoms with Crippen molar-refractivity contribution in [1.82, 2.24) is 4.90 Å². The van der Waals surface area contributed by atoms with Crippen molar-refractivity contribution in [3.8, 4) is 0 Å². The maximum Gasteiger partial charge on any atom is 0.0175 e. The van der Waals surface area contributed by atoms with Crippen molar-refractivity contribution < 1.29 is 0 Å². The molecule has 21 heavy (non-hydrogen) atoms. The van der Waals surface area contributed by atoms with Crippen LogP contribution in [0.3, 0.4) is 0 Å². The summed E-state index contributed by atoms with van der Waals surface area (Å²) in [5.74, 6) is 0.485. The fraction of sp³-hybridized carbons (Fsp3) is 0.700. The maximum absolute atomic E-state index is 3.89. The van der Waals surface area contributed by atoms with Crippen molar-refractivity contribution in [2.24, 2.45) is 11.3 Å². The van der Waals surface area contributed by atoms with Crippen molar-refractivity contribution in [3.05, 3.63) is 36.5 Å². The van der Waals surface area contributed by atoms with E-state index in [1.807, 2.05) is 6.08 Å². The summed E-state index contributed by atoms with van der Waals surface area (Å²) in [5, 5.41) is 0. The zero-order chi connectivity index (χ0) is 16.5. The van der Waals surface area contributed by atoms with Crippen LogP contribution in [0.15, 0.2) is 36.5 Å². The number of allylic oxidation sites excluding steroid dienone is 4. The van der Waals surface area contributed by atoms with Crippen LogP contribution in [0.1, 0.15) is 60.3 Å². The first-order chi connectivity index (χ1) is 9.82. The zero-order valence-electron chi connectivity index (χ0n) is 15.4. The SMILES string of the molecule is C=CC(C)/C(C)=C\CCC(C)(/C=C/CC)C(CC)N(C)C. The third kappa shape index (κ3) is 6.65. The van der Waals surface area contributed by atoms with Crippen LogP contribution in [0.25, 0.3) is 0 Å². The van der Waals surface area contributed by atoms with E-state index in [9.17, 15) is 0 Å². The zero-order valence-corrected chi connectivity index (χ0v) is 15.4. The molecule has 0 aliphatic carbocycles. The van der Waals surface area contributed by atoms with E-state index in [2.05, 4.69) is 78.4 Å². The summed E-state index contributed by atoms with van der Waals surface area (Å²) in [6.07, 6.45) is 13.8. The van der Waals surface area contributed by atoms with Gasteiger partial charge < -0.3 is 4.90 Å². The fourth-order valence-electron chi connectivity index (χ4n) is 3.15. The predicted octanol–water partition coefficient (Wildman–Crippen LogP) is 5.85. The molecule has 0 N–H and O–H groups in total. The highest BCUT2D eigenvalue weighted by atomic mass is 15.1. The van der Waals surface area contributed by atoms with Gasteiger partial charge >= 0.3 is 0 Å². The van der Waals surface area contributed by atoms with E-state index in [1.165, 1.54) is 18.4 Å². The summed E-state index contributed by atoms with van der Waals surface area (Å²) in [7, 11) is 4.40. The molecule has 1 nitrogen and oxygen atoms in total. The Balaban J connectivity index is 5.00. The van der Waals surface area contributed by atoms with Crippen molar-refractivity contribution >= 4 is 0 Å². The summed E-state index contributed by atoms with van der Waals surface area (Å²) in [6, 6.07) is 0.589. The Morgan fingerprint density at radius 3 is 2.33 bits per heavy atom. The Bertz CT molecular complexity index is 351. The molecule has 0 heterocycles. The van der Waals surface area contributed by atoms with Crippen LogP contribution in [-0.4, -0.2) is 25.0 Å². The van der Waals surface area contributed by atoms with E-state index < -0.39 is 0 Å². The highest BCUT2D eigenvalue weighted by molar-refractivity contribution is 5.10. The van der Waals surface area contributed by atoms with Gasteiger partial charge in [0.2, 0.25) is 0 Å². The minimum atomic E-state index is 0.239. The Morgan fingerprint density at radius 1 is 1.29 bits per heavy atom. The second-order valence-corrected chi connectivity index (χ2v) is 6.72. The van der Waals surface area contributed by atoms with E-state index in [-0.39, 0.29) is 5.41 Å². The predicted molar refractivity (Wildman–Crippen MR) is 97.7 cm³/mol. The monoisotopic (exact) mass is 291 g/mol. The van der Waals surface area contributed by atoms with Gasteiger partial charge in [-0.1, -0.05) is 57.6 Å². The van der Waals surface area contributed by atoms with Crippen LogP contribution in [0.2, 0.25) is 0 Å². The summed E-state index contributed by atoms with van der Waals surface area (Å²) >= 11 is 0. The van der Waals surface area contributed by atoms with Gasteiger partial charge in [0.15, 0.2) is 0 Å². The maximum atomic E-state index is 3.89. The smallest absolute Gasteiger partial charge is 0.0175 e. The molecular formula is C20H37N. The first kappa shape index (κ1) is 20.2. The molecule has 0 aliphatic rings. The van der Waals surface area contributed by atoms with Gasteiger partial charge in [-0.25, -0.2) is 0 Å². The molecule has 0 amide bonds. The van der Waals surface area contributed by atoms with Crippen molar-refractivity contribution in [1.29, 1.82) is 0 Å². The molecule has 0 bridgehead atoms. The second-order valence-electron chi connectivity index (χ2n) is 6.72. The Kier molecular flexibility index (Phi) is 9.61.